The predicted octanol–water partition coefficient (Wildman–Crippen LogP) is 1.91. The molecule has 1 unspecified atom stereocenters. The van der Waals surface area contributed by atoms with Crippen molar-refractivity contribution in [1.29, 1.82) is 0 Å². The fourth-order valence-corrected chi connectivity index (χ4v) is 2.00. The third-order valence-corrected chi connectivity index (χ3v) is 3.32. The molecular formula is C15H20F2N6. The monoisotopic (exact) mass is 322 g/mol. The fourth-order valence-electron chi connectivity index (χ4n) is 2.00. The number of halogens is 2. The molecule has 0 amide bonds. The molecule has 8 heteroatoms. The molecule has 1 aromatic carbocycles. The van der Waals surface area contributed by atoms with Gasteiger partial charge in [0.2, 0.25) is 0 Å². The third-order valence-electron chi connectivity index (χ3n) is 3.32. The number of rotatable bonds is 5. The van der Waals surface area contributed by atoms with Gasteiger partial charge in [0.1, 0.15) is 18.7 Å². The van der Waals surface area contributed by atoms with Crippen molar-refractivity contribution >= 4 is 5.96 Å². The summed E-state index contributed by atoms with van der Waals surface area (Å²) in [4.78, 5) is 8.53. The lowest BCUT2D eigenvalue weighted by Gasteiger charge is -2.18. The van der Waals surface area contributed by atoms with Crippen molar-refractivity contribution in [3.05, 3.63) is 47.5 Å². The van der Waals surface area contributed by atoms with Crippen molar-refractivity contribution in [1.82, 2.24) is 25.4 Å². The Morgan fingerprint density at radius 2 is 2.13 bits per heavy atom. The second-order valence-electron chi connectivity index (χ2n) is 5.03. The molecule has 2 rings (SSSR count). The number of guanidine groups is 1. The van der Waals surface area contributed by atoms with Crippen LogP contribution in [0.5, 0.6) is 0 Å². The van der Waals surface area contributed by atoms with Gasteiger partial charge in [-0.3, -0.25) is 4.68 Å². The zero-order valence-corrected chi connectivity index (χ0v) is 13.3. The van der Waals surface area contributed by atoms with Gasteiger partial charge in [-0.05, 0) is 31.5 Å². The van der Waals surface area contributed by atoms with E-state index in [0.29, 0.717) is 24.6 Å². The van der Waals surface area contributed by atoms with Crippen molar-refractivity contribution in [2.24, 2.45) is 12.0 Å². The van der Waals surface area contributed by atoms with E-state index in [1.54, 1.807) is 17.8 Å². The molecule has 0 spiro atoms. The van der Waals surface area contributed by atoms with Crippen LogP contribution in [0.3, 0.4) is 0 Å². The summed E-state index contributed by atoms with van der Waals surface area (Å²) < 4.78 is 28.0. The number of aliphatic imine (C=N–C) groups is 1. The highest BCUT2D eigenvalue weighted by molar-refractivity contribution is 5.80. The minimum absolute atomic E-state index is 0.234. The molecule has 1 atom stereocenters. The zero-order valence-electron chi connectivity index (χ0n) is 13.3. The van der Waals surface area contributed by atoms with Gasteiger partial charge in [-0.25, -0.2) is 18.8 Å². The molecule has 0 radical (unpaired) electrons. The summed E-state index contributed by atoms with van der Waals surface area (Å²) in [5.74, 6) is -0.434. The molecule has 0 saturated heterocycles. The molecule has 0 bridgehead atoms. The SMILES string of the molecule is CCNC(=NCc1ncnn1C)NC(C)c1ccc(F)c(F)c1. The summed E-state index contributed by atoms with van der Waals surface area (Å²) in [5, 5.41) is 10.2. The van der Waals surface area contributed by atoms with Crippen molar-refractivity contribution in [2.45, 2.75) is 26.4 Å². The maximum absolute atomic E-state index is 13.3. The van der Waals surface area contributed by atoms with Gasteiger partial charge in [0.05, 0.1) is 6.04 Å². The molecule has 6 nitrogen and oxygen atoms in total. The number of hydrogen-bond acceptors (Lipinski definition) is 3. The van der Waals surface area contributed by atoms with Crippen LogP contribution in [0.2, 0.25) is 0 Å². The van der Waals surface area contributed by atoms with Crippen LogP contribution in [0.1, 0.15) is 31.3 Å². The van der Waals surface area contributed by atoms with E-state index >= 15 is 0 Å². The Bertz CT molecular complexity index is 682. The Hall–Kier alpha value is -2.51. The maximum atomic E-state index is 13.3. The molecule has 23 heavy (non-hydrogen) atoms. The van der Waals surface area contributed by atoms with Crippen LogP contribution in [0, 0.1) is 11.6 Å². The Morgan fingerprint density at radius 3 is 2.74 bits per heavy atom. The van der Waals surface area contributed by atoms with Crippen LogP contribution in [-0.2, 0) is 13.6 Å². The molecule has 1 heterocycles. The topological polar surface area (TPSA) is 67.1 Å². The molecular weight excluding hydrogens is 302 g/mol. The second-order valence-corrected chi connectivity index (χ2v) is 5.03. The normalized spacial score (nSPS) is 13.0. The quantitative estimate of drug-likeness (QED) is 0.652. The summed E-state index contributed by atoms with van der Waals surface area (Å²) in [7, 11) is 1.79. The maximum Gasteiger partial charge on any atom is 0.192 e. The summed E-state index contributed by atoms with van der Waals surface area (Å²) in [6.45, 7) is 4.83. The number of nitrogens with zero attached hydrogens (tertiary/aromatic N) is 4. The minimum atomic E-state index is -0.864. The number of aromatic nitrogens is 3. The Balaban J connectivity index is 2.08. The number of aryl methyl sites for hydroxylation is 1. The van der Waals surface area contributed by atoms with E-state index in [0.717, 1.165) is 11.9 Å². The standard InChI is InChI=1S/C15H20F2N6/c1-4-18-15(19-8-14-20-9-21-23(14)3)22-10(2)11-5-6-12(16)13(17)7-11/h5-7,9-10H,4,8H2,1-3H3,(H2,18,19,22). The first-order chi connectivity index (χ1) is 11.0. The largest absolute Gasteiger partial charge is 0.357 e. The van der Waals surface area contributed by atoms with Gasteiger partial charge in [-0.2, -0.15) is 5.10 Å². The van der Waals surface area contributed by atoms with E-state index in [2.05, 4.69) is 25.7 Å². The molecule has 0 aliphatic rings. The van der Waals surface area contributed by atoms with Gasteiger partial charge in [-0.15, -0.1) is 0 Å². The second kappa shape index (κ2) is 7.66. The highest BCUT2D eigenvalue weighted by Gasteiger charge is 2.11. The minimum Gasteiger partial charge on any atom is -0.357 e. The fraction of sp³-hybridized carbons (Fsp3) is 0.400. The van der Waals surface area contributed by atoms with Crippen LogP contribution in [0.25, 0.3) is 0 Å². The Morgan fingerprint density at radius 1 is 1.35 bits per heavy atom. The number of hydrogen-bond donors (Lipinski definition) is 2. The lowest BCUT2D eigenvalue weighted by molar-refractivity contribution is 0.504. The van der Waals surface area contributed by atoms with Crippen LogP contribution < -0.4 is 10.6 Å². The molecule has 124 valence electrons. The average Bonchev–Trinajstić information content (AvgIpc) is 2.93. The van der Waals surface area contributed by atoms with E-state index in [9.17, 15) is 8.78 Å². The first kappa shape index (κ1) is 16.9. The summed E-state index contributed by atoms with van der Waals surface area (Å²) in [6.07, 6.45) is 1.47. The smallest absolute Gasteiger partial charge is 0.192 e. The summed E-state index contributed by atoms with van der Waals surface area (Å²) in [5.41, 5.74) is 0.633. The van der Waals surface area contributed by atoms with Gasteiger partial charge in [0.25, 0.3) is 0 Å². The molecule has 0 aliphatic heterocycles. The first-order valence-electron chi connectivity index (χ1n) is 7.34. The van der Waals surface area contributed by atoms with Crippen LogP contribution >= 0.6 is 0 Å². The van der Waals surface area contributed by atoms with Crippen LogP contribution in [0.15, 0.2) is 29.5 Å². The van der Waals surface area contributed by atoms with Crippen LogP contribution in [-0.4, -0.2) is 27.3 Å². The zero-order chi connectivity index (χ0) is 16.8. The van der Waals surface area contributed by atoms with Gasteiger partial charge >= 0.3 is 0 Å². The molecule has 0 fully saturated rings. The van der Waals surface area contributed by atoms with Crippen LogP contribution in [0.4, 0.5) is 8.78 Å². The van der Waals surface area contributed by atoms with E-state index in [1.165, 1.54) is 12.4 Å². The van der Waals surface area contributed by atoms with Crippen molar-refractivity contribution in [2.75, 3.05) is 6.54 Å². The van der Waals surface area contributed by atoms with Crippen molar-refractivity contribution < 1.29 is 8.78 Å². The van der Waals surface area contributed by atoms with E-state index in [4.69, 9.17) is 0 Å². The van der Waals surface area contributed by atoms with Gasteiger partial charge in [0.15, 0.2) is 17.6 Å². The molecule has 0 aliphatic carbocycles. The predicted molar refractivity (Wildman–Crippen MR) is 83.7 cm³/mol. The molecule has 0 saturated carbocycles. The highest BCUT2D eigenvalue weighted by Crippen LogP contribution is 2.15. The first-order valence-corrected chi connectivity index (χ1v) is 7.34. The third kappa shape index (κ3) is 4.48. The Kier molecular flexibility index (Phi) is 5.61. The van der Waals surface area contributed by atoms with E-state index in [-0.39, 0.29) is 6.04 Å². The highest BCUT2D eigenvalue weighted by atomic mass is 19.2. The molecule has 1 aromatic heterocycles. The van der Waals surface area contributed by atoms with E-state index in [1.807, 2.05) is 13.8 Å². The molecule has 2 N–H and O–H groups in total. The number of nitrogens with one attached hydrogen (secondary N) is 2. The molecule has 2 aromatic rings. The Labute approximate surface area is 133 Å². The number of benzene rings is 1. The van der Waals surface area contributed by atoms with Gasteiger partial charge in [0, 0.05) is 13.6 Å². The average molecular weight is 322 g/mol. The lowest BCUT2D eigenvalue weighted by Crippen LogP contribution is -2.38. The summed E-state index contributed by atoms with van der Waals surface area (Å²) >= 11 is 0. The van der Waals surface area contributed by atoms with Crippen molar-refractivity contribution in [3.8, 4) is 0 Å². The summed E-state index contributed by atoms with van der Waals surface area (Å²) in [6, 6.07) is 3.61. The van der Waals surface area contributed by atoms with Gasteiger partial charge < -0.3 is 10.6 Å². The van der Waals surface area contributed by atoms with E-state index < -0.39 is 11.6 Å². The van der Waals surface area contributed by atoms with Crippen molar-refractivity contribution in [3.63, 3.8) is 0 Å². The lowest BCUT2D eigenvalue weighted by atomic mass is 10.1. The van der Waals surface area contributed by atoms with Gasteiger partial charge in [-0.1, -0.05) is 6.07 Å².